The van der Waals surface area contributed by atoms with Gasteiger partial charge in [0.15, 0.2) is 18.1 Å². The summed E-state index contributed by atoms with van der Waals surface area (Å²) in [6.45, 7) is 1.49. The van der Waals surface area contributed by atoms with Gasteiger partial charge in [0.1, 0.15) is 11.3 Å². The van der Waals surface area contributed by atoms with Crippen molar-refractivity contribution in [3.8, 4) is 22.8 Å². The minimum absolute atomic E-state index is 0.153. The number of hydrogen-bond donors (Lipinski definition) is 1. The molecule has 150 valence electrons. The zero-order valence-corrected chi connectivity index (χ0v) is 16.2. The van der Waals surface area contributed by atoms with Gasteiger partial charge in [-0.15, -0.1) is 0 Å². The van der Waals surface area contributed by atoms with E-state index in [1.807, 2.05) is 31.2 Å². The van der Waals surface area contributed by atoms with E-state index in [0.29, 0.717) is 11.4 Å². The topological polar surface area (TPSA) is 99.9 Å². The zero-order valence-electron chi connectivity index (χ0n) is 16.2. The molecule has 8 nitrogen and oxygen atoms in total. The second-order valence-corrected chi connectivity index (χ2v) is 6.11. The number of aryl methyl sites for hydroxylation is 1. The van der Waals surface area contributed by atoms with Crippen molar-refractivity contribution in [1.82, 2.24) is 5.16 Å². The van der Waals surface area contributed by atoms with Crippen molar-refractivity contribution in [2.24, 2.45) is 0 Å². The molecule has 0 radical (unpaired) electrons. The minimum Gasteiger partial charge on any atom is -0.493 e. The number of nitrogens with one attached hydrogen (secondary N) is 1. The number of rotatable bonds is 7. The monoisotopic (exact) mass is 396 g/mol. The highest BCUT2D eigenvalue weighted by atomic mass is 16.5. The number of hydrogen-bond acceptors (Lipinski definition) is 7. The van der Waals surface area contributed by atoms with E-state index in [1.165, 1.54) is 20.3 Å². The number of methoxy groups -OCH3 is 2. The molecule has 29 heavy (non-hydrogen) atoms. The summed E-state index contributed by atoms with van der Waals surface area (Å²) in [7, 11) is 2.87. The number of benzene rings is 2. The molecule has 1 amide bonds. The number of carbonyl (C=O) groups is 2. The summed E-state index contributed by atoms with van der Waals surface area (Å²) in [6, 6.07) is 14.1. The summed E-state index contributed by atoms with van der Waals surface area (Å²) in [4.78, 5) is 24.4. The van der Waals surface area contributed by atoms with Gasteiger partial charge in [0.05, 0.1) is 14.2 Å². The lowest BCUT2D eigenvalue weighted by molar-refractivity contribution is -0.119. The van der Waals surface area contributed by atoms with Crippen molar-refractivity contribution in [1.29, 1.82) is 0 Å². The molecule has 1 heterocycles. The maximum atomic E-state index is 12.3. The predicted octanol–water partition coefficient (Wildman–Crippen LogP) is 3.46. The highest BCUT2D eigenvalue weighted by Gasteiger charge is 2.19. The Morgan fingerprint density at radius 3 is 2.52 bits per heavy atom. The van der Waals surface area contributed by atoms with E-state index in [9.17, 15) is 9.59 Å². The number of aromatic nitrogens is 1. The molecule has 3 rings (SSSR count). The third-order valence-corrected chi connectivity index (χ3v) is 4.08. The van der Waals surface area contributed by atoms with E-state index in [2.05, 4.69) is 10.5 Å². The lowest BCUT2D eigenvalue weighted by Gasteiger charge is -2.11. The molecule has 0 unspecified atom stereocenters. The first-order valence-corrected chi connectivity index (χ1v) is 8.73. The average Bonchev–Trinajstić information content (AvgIpc) is 3.20. The maximum Gasteiger partial charge on any atom is 0.342 e. The maximum absolute atomic E-state index is 12.3. The van der Waals surface area contributed by atoms with E-state index in [1.54, 1.807) is 18.2 Å². The van der Waals surface area contributed by atoms with Gasteiger partial charge in [-0.2, -0.15) is 0 Å². The molecule has 1 N–H and O–H groups in total. The van der Waals surface area contributed by atoms with Crippen molar-refractivity contribution in [2.75, 3.05) is 26.1 Å². The van der Waals surface area contributed by atoms with Crippen LogP contribution in [0.2, 0.25) is 0 Å². The van der Waals surface area contributed by atoms with Gasteiger partial charge in [-0.3, -0.25) is 10.1 Å². The first kappa shape index (κ1) is 19.9. The first-order chi connectivity index (χ1) is 14.0. The zero-order chi connectivity index (χ0) is 20.8. The molecule has 0 bridgehead atoms. The highest BCUT2D eigenvalue weighted by Crippen LogP contribution is 2.31. The van der Waals surface area contributed by atoms with E-state index in [4.69, 9.17) is 18.7 Å². The van der Waals surface area contributed by atoms with Gasteiger partial charge in [-0.1, -0.05) is 41.1 Å². The van der Waals surface area contributed by atoms with Crippen LogP contribution in [0, 0.1) is 6.92 Å². The molecule has 0 saturated carbocycles. The standard InChI is InChI=1S/C21H20N2O6/c1-13-7-9-14(10-8-13)16-11-19(29-23-16)22-18(24)12-28-21(25)15-5-4-6-17(26-2)20(15)27-3/h4-11H,12H2,1-3H3,(H,22,24). The van der Waals surface area contributed by atoms with Crippen LogP contribution in [0.25, 0.3) is 11.3 Å². The van der Waals surface area contributed by atoms with Gasteiger partial charge in [-0.25, -0.2) is 4.79 Å². The van der Waals surface area contributed by atoms with Gasteiger partial charge >= 0.3 is 5.97 Å². The van der Waals surface area contributed by atoms with Crippen LogP contribution in [-0.4, -0.2) is 37.9 Å². The van der Waals surface area contributed by atoms with Gasteiger partial charge in [-0.05, 0) is 19.1 Å². The largest absolute Gasteiger partial charge is 0.493 e. The molecule has 2 aromatic carbocycles. The molecule has 0 aliphatic carbocycles. The van der Waals surface area contributed by atoms with Crippen LogP contribution in [-0.2, 0) is 9.53 Å². The summed E-state index contributed by atoms with van der Waals surface area (Å²) in [5.41, 5.74) is 2.72. The lowest BCUT2D eigenvalue weighted by Crippen LogP contribution is -2.21. The van der Waals surface area contributed by atoms with Crippen LogP contribution in [0.5, 0.6) is 11.5 Å². The smallest absolute Gasteiger partial charge is 0.342 e. The van der Waals surface area contributed by atoms with Crippen molar-refractivity contribution in [2.45, 2.75) is 6.92 Å². The SMILES string of the molecule is COc1cccc(C(=O)OCC(=O)Nc2cc(-c3ccc(C)cc3)no2)c1OC. The molecule has 8 heteroatoms. The third-order valence-electron chi connectivity index (χ3n) is 4.08. The summed E-state index contributed by atoms with van der Waals surface area (Å²) in [6.07, 6.45) is 0. The van der Waals surface area contributed by atoms with E-state index < -0.39 is 18.5 Å². The van der Waals surface area contributed by atoms with Crippen LogP contribution in [0.4, 0.5) is 5.88 Å². The van der Waals surface area contributed by atoms with Crippen molar-refractivity contribution >= 4 is 17.8 Å². The molecule has 0 saturated heterocycles. The van der Waals surface area contributed by atoms with Gasteiger partial charge < -0.3 is 18.7 Å². The number of nitrogens with zero attached hydrogens (tertiary/aromatic N) is 1. The molecule has 3 aromatic rings. The molecule has 0 spiro atoms. The lowest BCUT2D eigenvalue weighted by atomic mass is 10.1. The van der Waals surface area contributed by atoms with Crippen LogP contribution < -0.4 is 14.8 Å². The third kappa shape index (κ3) is 4.73. The van der Waals surface area contributed by atoms with Crippen molar-refractivity contribution in [3.05, 3.63) is 59.7 Å². The molecule has 1 aromatic heterocycles. The molecule has 0 aliphatic heterocycles. The van der Waals surface area contributed by atoms with Gasteiger partial charge in [0.2, 0.25) is 5.88 Å². The van der Waals surface area contributed by atoms with Crippen molar-refractivity contribution < 1.29 is 28.3 Å². The quantitative estimate of drug-likeness (QED) is 0.611. The van der Waals surface area contributed by atoms with Crippen LogP contribution >= 0.6 is 0 Å². The molecule has 0 atom stereocenters. The molecular weight excluding hydrogens is 376 g/mol. The number of para-hydroxylation sites is 1. The number of esters is 1. The fourth-order valence-electron chi connectivity index (χ4n) is 2.62. The number of carbonyl (C=O) groups excluding carboxylic acids is 2. The average molecular weight is 396 g/mol. The van der Waals surface area contributed by atoms with E-state index in [-0.39, 0.29) is 17.2 Å². The fourth-order valence-corrected chi connectivity index (χ4v) is 2.62. The summed E-state index contributed by atoms with van der Waals surface area (Å²) in [5, 5.41) is 6.43. The second kappa shape index (κ2) is 8.92. The Hall–Kier alpha value is -3.81. The number of ether oxygens (including phenoxy) is 3. The Morgan fingerprint density at radius 1 is 1.07 bits per heavy atom. The summed E-state index contributed by atoms with van der Waals surface area (Å²) in [5.74, 6) is -0.503. The van der Waals surface area contributed by atoms with E-state index in [0.717, 1.165) is 11.1 Å². The number of anilines is 1. The van der Waals surface area contributed by atoms with Crippen LogP contribution in [0.3, 0.4) is 0 Å². The first-order valence-electron chi connectivity index (χ1n) is 8.73. The predicted molar refractivity (Wildman–Crippen MR) is 105 cm³/mol. The minimum atomic E-state index is -0.714. The fraction of sp³-hybridized carbons (Fsp3) is 0.190. The van der Waals surface area contributed by atoms with Crippen LogP contribution in [0.15, 0.2) is 53.1 Å². The molecular formula is C21H20N2O6. The van der Waals surface area contributed by atoms with Crippen LogP contribution in [0.1, 0.15) is 15.9 Å². The van der Waals surface area contributed by atoms with Crippen molar-refractivity contribution in [3.63, 3.8) is 0 Å². The summed E-state index contributed by atoms with van der Waals surface area (Å²) >= 11 is 0. The van der Waals surface area contributed by atoms with E-state index >= 15 is 0 Å². The Kier molecular flexibility index (Phi) is 6.13. The Bertz CT molecular complexity index is 1010. The Balaban J connectivity index is 1.59. The number of amides is 1. The highest BCUT2D eigenvalue weighted by molar-refractivity contribution is 5.97. The second-order valence-electron chi connectivity index (χ2n) is 6.11. The Labute approximate surface area is 167 Å². The Morgan fingerprint density at radius 2 is 1.83 bits per heavy atom. The molecule has 0 aliphatic rings. The normalized spacial score (nSPS) is 10.3. The van der Waals surface area contributed by atoms with Gasteiger partial charge in [0.25, 0.3) is 5.91 Å². The molecule has 0 fully saturated rings. The summed E-state index contributed by atoms with van der Waals surface area (Å²) < 4.78 is 20.5. The van der Waals surface area contributed by atoms with Gasteiger partial charge in [0, 0.05) is 11.6 Å².